The van der Waals surface area contributed by atoms with Crippen molar-refractivity contribution in [2.24, 2.45) is 11.1 Å². The van der Waals surface area contributed by atoms with E-state index in [0.29, 0.717) is 13.0 Å². The molecule has 1 aromatic rings. The molecule has 3 N–H and O–H groups in total. The number of nitrogens with two attached hydrogens (primary N) is 1. The van der Waals surface area contributed by atoms with Gasteiger partial charge in [-0.1, -0.05) is 27.7 Å². The van der Waals surface area contributed by atoms with E-state index in [4.69, 9.17) is 5.73 Å². The summed E-state index contributed by atoms with van der Waals surface area (Å²) < 4.78 is 1.97. The van der Waals surface area contributed by atoms with Crippen LogP contribution in [0, 0.1) is 5.41 Å². The van der Waals surface area contributed by atoms with Gasteiger partial charge in [0.1, 0.15) is 0 Å². The summed E-state index contributed by atoms with van der Waals surface area (Å²) >= 11 is 0. The second kappa shape index (κ2) is 6.00. The number of nitrogens with one attached hydrogen (secondary N) is 1. The summed E-state index contributed by atoms with van der Waals surface area (Å²) in [4.78, 5) is 15.9. The molecule has 1 heterocycles. The number of hydrogen-bond acceptors (Lipinski definition) is 3. The summed E-state index contributed by atoms with van der Waals surface area (Å²) in [6.45, 7) is 8.92. The number of nitrogens with zero attached hydrogens (tertiary/aromatic N) is 2. The van der Waals surface area contributed by atoms with Crippen molar-refractivity contribution in [3.8, 4) is 0 Å². The minimum Gasteiger partial charge on any atom is -0.350 e. The van der Waals surface area contributed by atoms with Gasteiger partial charge in [0, 0.05) is 18.9 Å². The minimum absolute atomic E-state index is 0.0248. The molecule has 0 radical (unpaired) electrons. The van der Waals surface area contributed by atoms with Crippen LogP contribution in [-0.2, 0) is 11.3 Å². The van der Waals surface area contributed by atoms with Gasteiger partial charge in [0.05, 0.1) is 18.4 Å². The first-order chi connectivity index (χ1) is 8.34. The van der Waals surface area contributed by atoms with Crippen LogP contribution in [0.25, 0.3) is 0 Å². The molecule has 0 bridgehead atoms. The van der Waals surface area contributed by atoms with Crippen molar-refractivity contribution in [1.82, 2.24) is 14.9 Å². The van der Waals surface area contributed by atoms with Crippen LogP contribution in [-0.4, -0.2) is 27.5 Å². The Morgan fingerprint density at radius 3 is 2.61 bits per heavy atom. The largest absolute Gasteiger partial charge is 0.350 e. The molecule has 0 saturated carbocycles. The second-order valence-corrected chi connectivity index (χ2v) is 5.70. The lowest BCUT2D eigenvalue weighted by molar-refractivity contribution is -0.124. The molecule has 0 aromatic carbocycles. The molecule has 0 spiro atoms. The lowest BCUT2D eigenvalue weighted by Crippen LogP contribution is -2.51. The minimum atomic E-state index is -0.433. The molecule has 0 fully saturated rings. The highest BCUT2D eigenvalue weighted by Gasteiger charge is 2.27. The second-order valence-electron chi connectivity index (χ2n) is 5.70. The van der Waals surface area contributed by atoms with Gasteiger partial charge in [-0.3, -0.25) is 4.79 Å². The molecule has 2 atom stereocenters. The summed E-state index contributed by atoms with van der Waals surface area (Å²) in [5.74, 6) is -0.0856. The molecule has 18 heavy (non-hydrogen) atoms. The van der Waals surface area contributed by atoms with E-state index in [1.54, 1.807) is 12.5 Å². The van der Waals surface area contributed by atoms with E-state index in [0.717, 1.165) is 0 Å². The van der Waals surface area contributed by atoms with E-state index >= 15 is 0 Å². The van der Waals surface area contributed by atoms with E-state index in [9.17, 15) is 4.79 Å². The number of hydrogen-bond donors (Lipinski definition) is 2. The van der Waals surface area contributed by atoms with Crippen LogP contribution in [0.2, 0.25) is 0 Å². The normalized spacial score (nSPS) is 15.2. The van der Waals surface area contributed by atoms with Crippen molar-refractivity contribution in [3.63, 3.8) is 0 Å². The van der Waals surface area contributed by atoms with Gasteiger partial charge in [-0.2, -0.15) is 0 Å². The Labute approximate surface area is 109 Å². The lowest BCUT2D eigenvalue weighted by Gasteiger charge is -2.32. The molecule has 0 aliphatic carbocycles. The van der Waals surface area contributed by atoms with Crippen LogP contribution in [0.5, 0.6) is 0 Å². The average molecular weight is 252 g/mol. The highest BCUT2D eigenvalue weighted by Crippen LogP contribution is 2.20. The van der Waals surface area contributed by atoms with Crippen molar-refractivity contribution >= 4 is 5.91 Å². The molecule has 0 saturated heterocycles. The zero-order valence-electron chi connectivity index (χ0n) is 11.7. The summed E-state index contributed by atoms with van der Waals surface area (Å²) in [7, 11) is 0. The van der Waals surface area contributed by atoms with Crippen LogP contribution in [0.15, 0.2) is 18.7 Å². The van der Waals surface area contributed by atoms with Crippen molar-refractivity contribution < 1.29 is 4.79 Å². The summed E-state index contributed by atoms with van der Waals surface area (Å²) in [6.07, 6.45) is 6.03. The highest BCUT2D eigenvalue weighted by atomic mass is 16.2. The molecule has 5 nitrogen and oxygen atoms in total. The first kappa shape index (κ1) is 14.7. The van der Waals surface area contributed by atoms with Crippen LogP contribution >= 0.6 is 0 Å². The molecule has 1 unspecified atom stereocenters. The zero-order valence-corrected chi connectivity index (χ0v) is 11.7. The maximum absolute atomic E-state index is 11.9. The van der Waals surface area contributed by atoms with E-state index in [-0.39, 0.29) is 17.4 Å². The maximum Gasteiger partial charge on any atom is 0.237 e. The average Bonchev–Trinajstić information content (AvgIpc) is 2.78. The SMILES string of the molecule is CC[C@@H](N)C(=O)NC(Cn1ccnc1)C(C)(C)C. The molecular weight excluding hydrogens is 228 g/mol. The molecule has 0 aliphatic heterocycles. The third kappa shape index (κ3) is 4.14. The lowest BCUT2D eigenvalue weighted by atomic mass is 9.86. The molecule has 102 valence electrons. The fourth-order valence-electron chi connectivity index (χ4n) is 1.61. The summed E-state index contributed by atoms with van der Waals surface area (Å²) in [5.41, 5.74) is 5.72. The van der Waals surface area contributed by atoms with Crippen molar-refractivity contribution in [2.75, 3.05) is 0 Å². The third-order valence-corrected chi connectivity index (χ3v) is 3.09. The molecule has 1 rings (SSSR count). The number of aromatic nitrogens is 2. The van der Waals surface area contributed by atoms with Gasteiger partial charge in [-0.25, -0.2) is 4.98 Å². The van der Waals surface area contributed by atoms with Gasteiger partial charge in [-0.05, 0) is 11.8 Å². The van der Waals surface area contributed by atoms with Gasteiger partial charge in [0.15, 0.2) is 0 Å². The van der Waals surface area contributed by atoms with Gasteiger partial charge in [-0.15, -0.1) is 0 Å². The van der Waals surface area contributed by atoms with Gasteiger partial charge >= 0.3 is 0 Å². The van der Waals surface area contributed by atoms with Crippen LogP contribution < -0.4 is 11.1 Å². The predicted octanol–water partition coefficient (Wildman–Crippen LogP) is 1.15. The number of imidazole rings is 1. The topological polar surface area (TPSA) is 72.9 Å². The van der Waals surface area contributed by atoms with E-state index < -0.39 is 6.04 Å². The Morgan fingerprint density at radius 1 is 1.50 bits per heavy atom. The summed E-state index contributed by atoms with van der Waals surface area (Å²) in [6, 6.07) is -0.408. The smallest absolute Gasteiger partial charge is 0.237 e. The Kier molecular flexibility index (Phi) is 4.90. The zero-order chi connectivity index (χ0) is 13.8. The predicted molar refractivity (Wildman–Crippen MR) is 71.9 cm³/mol. The van der Waals surface area contributed by atoms with Crippen LogP contribution in [0.3, 0.4) is 0 Å². The maximum atomic E-state index is 11.9. The van der Waals surface area contributed by atoms with Gasteiger partial charge in [0.25, 0.3) is 0 Å². The molecule has 0 aliphatic rings. The van der Waals surface area contributed by atoms with Gasteiger partial charge in [0.2, 0.25) is 5.91 Å². The molecular formula is C13H24N4O. The number of amides is 1. The number of carbonyl (C=O) groups is 1. The van der Waals surface area contributed by atoms with Gasteiger partial charge < -0.3 is 15.6 Å². The van der Waals surface area contributed by atoms with E-state index in [1.165, 1.54) is 0 Å². The standard InChI is InChI=1S/C13H24N4O/c1-5-10(14)12(18)16-11(13(2,3)4)8-17-7-6-15-9-17/h6-7,9-11H,5,8,14H2,1-4H3,(H,16,18)/t10-,11?/m1/s1. The number of carbonyl (C=O) groups excluding carboxylic acids is 1. The molecule has 1 amide bonds. The van der Waals surface area contributed by atoms with E-state index in [2.05, 4.69) is 31.1 Å². The van der Waals surface area contributed by atoms with Crippen molar-refractivity contribution in [3.05, 3.63) is 18.7 Å². The summed E-state index contributed by atoms with van der Waals surface area (Å²) in [5, 5.41) is 3.03. The monoisotopic (exact) mass is 252 g/mol. The first-order valence-corrected chi connectivity index (χ1v) is 6.36. The fraction of sp³-hybridized carbons (Fsp3) is 0.692. The Hall–Kier alpha value is -1.36. The highest BCUT2D eigenvalue weighted by molar-refractivity contribution is 5.81. The molecule has 5 heteroatoms. The fourth-order valence-corrected chi connectivity index (χ4v) is 1.61. The Balaban J connectivity index is 2.71. The Morgan fingerprint density at radius 2 is 2.17 bits per heavy atom. The Bertz CT molecular complexity index is 367. The van der Waals surface area contributed by atoms with Crippen LogP contribution in [0.4, 0.5) is 0 Å². The first-order valence-electron chi connectivity index (χ1n) is 6.36. The quantitative estimate of drug-likeness (QED) is 0.825. The third-order valence-electron chi connectivity index (χ3n) is 3.09. The van der Waals surface area contributed by atoms with Crippen molar-refractivity contribution in [1.29, 1.82) is 0 Å². The van der Waals surface area contributed by atoms with Crippen molar-refractivity contribution in [2.45, 2.75) is 52.7 Å². The van der Waals surface area contributed by atoms with E-state index in [1.807, 2.05) is 17.7 Å². The number of rotatable bonds is 5. The molecule has 1 aromatic heterocycles. The van der Waals surface area contributed by atoms with Crippen LogP contribution in [0.1, 0.15) is 34.1 Å².